The van der Waals surface area contributed by atoms with Crippen molar-refractivity contribution >= 4 is 5.91 Å². The number of morpholine rings is 1. The van der Waals surface area contributed by atoms with Crippen LogP contribution in [-0.4, -0.2) is 63.4 Å². The minimum absolute atomic E-state index is 0.0454. The molecule has 1 aromatic carbocycles. The van der Waals surface area contributed by atoms with Gasteiger partial charge in [0.15, 0.2) is 0 Å². The number of carbonyl (C=O) groups excluding carboxylic acids is 1. The molecule has 3 rings (SSSR count). The number of ether oxygens (including phenoxy) is 3. The Morgan fingerprint density at radius 1 is 1.15 bits per heavy atom. The molecule has 2 fully saturated rings. The Hall–Kier alpha value is -1.79. The number of methoxy groups -OCH3 is 2. The number of hydrogen-bond acceptors (Lipinski definition) is 5. The van der Waals surface area contributed by atoms with Crippen LogP contribution in [0, 0.1) is 0 Å². The third-order valence-electron chi connectivity index (χ3n) is 5.70. The standard InChI is InChI=1S/C20H30N2O4/c1-24-16-6-7-18(25-2)17(14-16)19(23)21-15-20(8-4-3-5-9-20)22-10-12-26-13-11-22/h6-7,14H,3-5,8-13,15H2,1-2H3,(H,21,23). The molecule has 0 spiro atoms. The molecular weight excluding hydrogens is 332 g/mol. The van der Waals surface area contributed by atoms with Gasteiger partial charge >= 0.3 is 0 Å². The molecule has 0 bridgehead atoms. The number of nitrogens with zero attached hydrogens (tertiary/aromatic N) is 1. The van der Waals surface area contributed by atoms with Crippen LogP contribution in [0.5, 0.6) is 11.5 Å². The average molecular weight is 362 g/mol. The van der Waals surface area contributed by atoms with Crippen LogP contribution in [0.15, 0.2) is 18.2 Å². The highest BCUT2D eigenvalue weighted by atomic mass is 16.5. The molecule has 1 saturated heterocycles. The molecule has 1 aliphatic carbocycles. The van der Waals surface area contributed by atoms with Crippen molar-refractivity contribution in [3.63, 3.8) is 0 Å². The summed E-state index contributed by atoms with van der Waals surface area (Å²) in [6.07, 6.45) is 5.97. The molecular formula is C20H30N2O4. The lowest BCUT2D eigenvalue weighted by molar-refractivity contribution is -0.0361. The fourth-order valence-electron chi connectivity index (χ4n) is 4.18. The van der Waals surface area contributed by atoms with Gasteiger partial charge in [-0.3, -0.25) is 9.69 Å². The summed E-state index contributed by atoms with van der Waals surface area (Å²) in [5, 5.41) is 3.18. The van der Waals surface area contributed by atoms with Crippen molar-refractivity contribution < 1.29 is 19.0 Å². The smallest absolute Gasteiger partial charge is 0.255 e. The third kappa shape index (κ3) is 4.13. The van der Waals surface area contributed by atoms with Gasteiger partial charge in [0, 0.05) is 25.2 Å². The lowest BCUT2D eigenvalue weighted by Gasteiger charge is -2.48. The molecule has 0 radical (unpaired) electrons. The Balaban J connectivity index is 1.73. The highest BCUT2D eigenvalue weighted by Gasteiger charge is 2.39. The normalized spacial score (nSPS) is 20.4. The number of amides is 1. The van der Waals surface area contributed by atoms with Crippen molar-refractivity contribution in [2.24, 2.45) is 0 Å². The Morgan fingerprint density at radius 3 is 2.54 bits per heavy atom. The van der Waals surface area contributed by atoms with Crippen LogP contribution >= 0.6 is 0 Å². The molecule has 1 saturated carbocycles. The molecule has 6 nitrogen and oxygen atoms in total. The van der Waals surface area contributed by atoms with Crippen molar-refractivity contribution in [1.82, 2.24) is 10.2 Å². The van der Waals surface area contributed by atoms with Crippen molar-refractivity contribution in [2.75, 3.05) is 47.1 Å². The summed E-state index contributed by atoms with van der Waals surface area (Å²) < 4.78 is 16.1. The average Bonchev–Trinajstić information content (AvgIpc) is 2.72. The van der Waals surface area contributed by atoms with E-state index < -0.39 is 0 Å². The second-order valence-corrected chi connectivity index (χ2v) is 7.13. The van der Waals surface area contributed by atoms with E-state index in [9.17, 15) is 4.79 Å². The van der Waals surface area contributed by atoms with E-state index in [-0.39, 0.29) is 11.4 Å². The van der Waals surface area contributed by atoms with Crippen LogP contribution < -0.4 is 14.8 Å². The van der Waals surface area contributed by atoms with Crippen LogP contribution in [-0.2, 0) is 4.74 Å². The van der Waals surface area contributed by atoms with Gasteiger partial charge in [0.1, 0.15) is 11.5 Å². The second kappa shape index (κ2) is 8.73. The third-order valence-corrected chi connectivity index (χ3v) is 5.70. The number of nitrogens with one attached hydrogen (secondary N) is 1. The molecule has 6 heteroatoms. The lowest BCUT2D eigenvalue weighted by Crippen LogP contribution is -2.59. The van der Waals surface area contributed by atoms with Crippen LogP contribution in [0.2, 0.25) is 0 Å². The molecule has 2 aliphatic rings. The van der Waals surface area contributed by atoms with Crippen LogP contribution in [0.25, 0.3) is 0 Å². The van der Waals surface area contributed by atoms with E-state index in [1.165, 1.54) is 19.3 Å². The van der Waals surface area contributed by atoms with Gasteiger partial charge in [0.25, 0.3) is 5.91 Å². The molecule has 0 atom stereocenters. The first-order valence-corrected chi connectivity index (χ1v) is 9.51. The maximum atomic E-state index is 12.9. The fraction of sp³-hybridized carbons (Fsp3) is 0.650. The molecule has 0 aromatic heterocycles. The Morgan fingerprint density at radius 2 is 1.88 bits per heavy atom. The molecule has 1 aromatic rings. The minimum atomic E-state index is -0.112. The predicted molar refractivity (Wildman–Crippen MR) is 100 cm³/mol. The number of hydrogen-bond donors (Lipinski definition) is 1. The zero-order valence-corrected chi connectivity index (χ0v) is 15.9. The quantitative estimate of drug-likeness (QED) is 0.842. The van der Waals surface area contributed by atoms with E-state index in [1.807, 2.05) is 0 Å². The van der Waals surface area contributed by atoms with Gasteiger partial charge in [-0.2, -0.15) is 0 Å². The minimum Gasteiger partial charge on any atom is -0.497 e. The molecule has 1 N–H and O–H groups in total. The van der Waals surface area contributed by atoms with Crippen LogP contribution in [0.3, 0.4) is 0 Å². The molecule has 1 aliphatic heterocycles. The monoisotopic (exact) mass is 362 g/mol. The summed E-state index contributed by atoms with van der Waals surface area (Å²) in [6.45, 7) is 4.10. The SMILES string of the molecule is COc1ccc(OC)c(C(=O)NCC2(N3CCOCC3)CCCCC2)c1. The maximum Gasteiger partial charge on any atom is 0.255 e. The highest BCUT2D eigenvalue weighted by molar-refractivity contribution is 5.97. The summed E-state index contributed by atoms with van der Waals surface area (Å²) in [4.78, 5) is 15.4. The number of carbonyl (C=O) groups is 1. The first kappa shape index (κ1) is 19.0. The predicted octanol–water partition coefficient (Wildman–Crippen LogP) is 2.47. The summed E-state index contributed by atoms with van der Waals surface area (Å²) in [6, 6.07) is 5.30. The van der Waals surface area contributed by atoms with E-state index in [4.69, 9.17) is 14.2 Å². The van der Waals surface area contributed by atoms with Gasteiger partial charge in [-0.1, -0.05) is 19.3 Å². The molecule has 0 unspecified atom stereocenters. The summed E-state index contributed by atoms with van der Waals surface area (Å²) in [5.74, 6) is 1.10. The van der Waals surface area contributed by atoms with Crippen molar-refractivity contribution in [3.8, 4) is 11.5 Å². The Kier molecular flexibility index (Phi) is 6.38. The second-order valence-electron chi connectivity index (χ2n) is 7.13. The van der Waals surface area contributed by atoms with Gasteiger partial charge in [-0.25, -0.2) is 0 Å². The lowest BCUT2D eigenvalue weighted by atomic mass is 9.79. The topological polar surface area (TPSA) is 60.0 Å². The number of benzene rings is 1. The largest absolute Gasteiger partial charge is 0.497 e. The summed E-state index contributed by atoms with van der Waals surface area (Å²) in [7, 11) is 3.17. The maximum absolute atomic E-state index is 12.9. The Labute approximate surface area is 155 Å². The van der Waals surface area contributed by atoms with Crippen molar-refractivity contribution in [2.45, 2.75) is 37.6 Å². The van der Waals surface area contributed by atoms with E-state index in [2.05, 4.69) is 10.2 Å². The van der Waals surface area contributed by atoms with E-state index >= 15 is 0 Å². The van der Waals surface area contributed by atoms with E-state index in [0.717, 1.165) is 39.1 Å². The molecule has 144 valence electrons. The summed E-state index contributed by atoms with van der Waals surface area (Å²) in [5.41, 5.74) is 0.559. The van der Waals surface area contributed by atoms with Gasteiger partial charge < -0.3 is 19.5 Å². The Bertz CT molecular complexity index is 608. The summed E-state index contributed by atoms with van der Waals surface area (Å²) >= 11 is 0. The molecule has 1 heterocycles. The van der Waals surface area contributed by atoms with Gasteiger partial charge in [-0.15, -0.1) is 0 Å². The zero-order chi connectivity index (χ0) is 18.4. The van der Waals surface area contributed by atoms with Crippen molar-refractivity contribution in [1.29, 1.82) is 0 Å². The fourth-order valence-corrected chi connectivity index (χ4v) is 4.18. The van der Waals surface area contributed by atoms with Crippen molar-refractivity contribution in [3.05, 3.63) is 23.8 Å². The van der Waals surface area contributed by atoms with Crippen LogP contribution in [0.1, 0.15) is 42.5 Å². The van der Waals surface area contributed by atoms with Gasteiger partial charge in [0.2, 0.25) is 0 Å². The zero-order valence-electron chi connectivity index (χ0n) is 15.9. The molecule has 26 heavy (non-hydrogen) atoms. The van der Waals surface area contributed by atoms with Gasteiger partial charge in [0.05, 0.1) is 33.0 Å². The first-order chi connectivity index (χ1) is 12.7. The van der Waals surface area contributed by atoms with E-state index in [1.54, 1.807) is 32.4 Å². The first-order valence-electron chi connectivity index (χ1n) is 9.51. The highest BCUT2D eigenvalue weighted by Crippen LogP contribution is 2.34. The number of rotatable bonds is 6. The molecule has 1 amide bonds. The van der Waals surface area contributed by atoms with Gasteiger partial charge in [-0.05, 0) is 31.0 Å². The van der Waals surface area contributed by atoms with E-state index in [0.29, 0.717) is 23.6 Å². The van der Waals surface area contributed by atoms with Crippen LogP contribution in [0.4, 0.5) is 0 Å².